The van der Waals surface area contributed by atoms with E-state index in [4.69, 9.17) is 39.5 Å². The molecule has 28 heavy (non-hydrogen) atoms. The predicted octanol–water partition coefficient (Wildman–Crippen LogP) is 4.64. The van der Waals surface area contributed by atoms with Gasteiger partial charge in [-0.2, -0.15) is 0 Å². The molecule has 1 unspecified atom stereocenters. The Labute approximate surface area is 181 Å². The van der Waals surface area contributed by atoms with Crippen molar-refractivity contribution in [2.45, 2.75) is 31.5 Å². The summed E-state index contributed by atoms with van der Waals surface area (Å²) in [6.07, 6.45) is 1.54. The van der Waals surface area contributed by atoms with Gasteiger partial charge in [-0.15, -0.1) is 0 Å². The Morgan fingerprint density at radius 2 is 1.75 bits per heavy atom. The number of aliphatic hydroxyl groups is 1. The Balaban J connectivity index is 1.33. The highest BCUT2D eigenvalue weighted by molar-refractivity contribution is 6.42. The minimum atomic E-state index is -0.551. The summed E-state index contributed by atoms with van der Waals surface area (Å²) in [5.74, 6) is 0.707. The number of aliphatic hydroxyl groups excluding tert-OH is 1. The molecule has 0 aliphatic carbocycles. The van der Waals surface area contributed by atoms with Crippen molar-refractivity contribution >= 4 is 34.8 Å². The molecule has 1 aliphatic heterocycles. The van der Waals surface area contributed by atoms with E-state index in [1.165, 1.54) is 5.56 Å². The molecule has 1 heterocycles. The van der Waals surface area contributed by atoms with Crippen molar-refractivity contribution in [2.24, 2.45) is 0 Å². The number of ether oxygens (including phenoxy) is 1. The fourth-order valence-corrected chi connectivity index (χ4v) is 3.72. The molecule has 0 spiro atoms. The van der Waals surface area contributed by atoms with Gasteiger partial charge >= 0.3 is 0 Å². The number of piperidine rings is 1. The molecule has 2 N–H and O–H groups in total. The Morgan fingerprint density at radius 3 is 2.43 bits per heavy atom. The van der Waals surface area contributed by atoms with Crippen molar-refractivity contribution in [3.05, 3.63) is 63.1 Å². The number of nitrogens with one attached hydrogen (secondary N) is 1. The number of hydrogen-bond acceptors (Lipinski definition) is 4. The Hall–Kier alpha value is -1.01. The van der Waals surface area contributed by atoms with Gasteiger partial charge in [0.15, 0.2) is 0 Å². The van der Waals surface area contributed by atoms with Crippen LogP contribution in [0.25, 0.3) is 0 Å². The first-order valence-electron chi connectivity index (χ1n) is 9.45. The normalized spacial score (nSPS) is 16.9. The number of hydrogen-bond donors (Lipinski definition) is 2. The standard InChI is InChI=1S/C21H25Cl3N2O2/c22-16-2-4-19(5-3-16)28-14-18(27)12-25-17-7-9-26(10-8-17)13-15-1-6-20(23)21(24)11-15/h1-6,11,17-18,25,27H,7-10,12-14H2. The van der Waals surface area contributed by atoms with E-state index in [1.54, 1.807) is 24.3 Å². The highest BCUT2D eigenvalue weighted by Crippen LogP contribution is 2.24. The van der Waals surface area contributed by atoms with Crippen LogP contribution >= 0.6 is 34.8 Å². The van der Waals surface area contributed by atoms with E-state index in [-0.39, 0.29) is 6.61 Å². The summed E-state index contributed by atoms with van der Waals surface area (Å²) < 4.78 is 5.59. The van der Waals surface area contributed by atoms with Crippen molar-refractivity contribution in [3.8, 4) is 5.75 Å². The molecular weight excluding hydrogens is 419 g/mol. The SMILES string of the molecule is OC(CNC1CCN(Cc2ccc(Cl)c(Cl)c2)CC1)COc1ccc(Cl)cc1. The van der Waals surface area contributed by atoms with E-state index in [1.807, 2.05) is 18.2 Å². The maximum atomic E-state index is 10.1. The van der Waals surface area contributed by atoms with E-state index >= 15 is 0 Å². The molecule has 3 rings (SSSR count). The molecule has 2 aromatic rings. The van der Waals surface area contributed by atoms with Crippen LogP contribution in [-0.4, -0.2) is 48.4 Å². The average molecular weight is 444 g/mol. The summed E-state index contributed by atoms with van der Waals surface area (Å²) in [6.45, 7) is 3.67. The van der Waals surface area contributed by atoms with Crippen LogP contribution < -0.4 is 10.1 Å². The highest BCUT2D eigenvalue weighted by Gasteiger charge is 2.20. The first kappa shape index (κ1) is 21.7. The quantitative estimate of drug-likeness (QED) is 0.624. The second kappa shape index (κ2) is 10.7. The van der Waals surface area contributed by atoms with Crippen LogP contribution in [0.2, 0.25) is 15.1 Å². The van der Waals surface area contributed by atoms with Gasteiger partial charge in [0.1, 0.15) is 18.5 Å². The van der Waals surface area contributed by atoms with E-state index in [9.17, 15) is 5.11 Å². The third-order valence-corrected chi connectivity index (χ3v) is 5.87. The minimum absolute atomic E-state index is 0.255. The zero-order valence-corrected chi connectivity index (χ0v) is 17.9. The van der Waals surface area contributed by atoms with Crippen LogP contribution in [0, 0.1) is 0 Å². The van der Waals surface area contributed by atoms with E-state index in [2.05, 4.69) is 10.2 Å². The van der Waals surface area contributed by atoms with Crippen molar-refractivity contribution in [1.82, 2.24) is 10.2 Å². The molecule has 0 saturated carbocycles. The lowest BCUT2D eigenvalue weighted by atomic mass is 10.0. The maximum Gasteiger partial charge on any atom is 0.119 e. The molecule has 0 radical (unpaired) electrons. The van der Waals surface area contributed by atoms with Gasteiger partial charge in [-0.1, -0.05) is 40.9 Å². The van der Waals surface area contributed by atoms with E-state index in [0.717, 1.165) is 32.5 Å². The second-order valence-corrected chi connectivity index (χ2v) is 8.38. The number of benzene rings is 2. The number of nitrogens with zero attached hydrogens (tertiary/aromatic N) is 1. The molecule has 1 saturated heterocycles. The van der Waals surface area contributed by atoms with Gasteiger partial charge in [-0.25, -0.2) is 0 Å². The summed E-state index contributed by atoms with van der Waals surface area (Å²) in [7, 11) is 0. The molecule has 152 valence electrons. The lowest BCUT2D eigenvalue weighted by molar-refractivity contribution is 0.0979. The number of halogens is 3. The monoisotopic (exact) mass is 442 g/mol. The minimum Gasteiger partial charge on any atom is -0.491 e. The van der Waals surface area contributed by atoms with Gasteiger partial charge in [-0.3, -0.25) is 4.90 Å². The van der Waals surface area contributed by atoms with E-state index in [0.29, 0.717) is 33.4 Å². The predicted molar refractivity (Wildman–Crippen MR) is 116 cm³/mol. The number of likely N-dealkylation sites (tertiary alicyclic amines) is 1. The largest absolute Gasteiger partial charge is 0.491 e. The van der Waals surface area contributed by atoms with Crippen LogP contribution in [0.1, 0.15) is 18.4 Å². The van der Waals surface area contributed by atoms with Gasteiger partial charge in [0.05, 0.1) is 10.0 Å². The average Bonchev–Trinajstić information content (AvgIpc) is 2.70. The van der Waals surface area contributed by atoms with Crippen LogP contribution in [0.4, 0.5) is 0 Å². The summed E-state index contributed by atoms with van der Waals surface area (Å²) in [4.78, 5) is 2.41. The van der Waals surface area contributed by atoms with Gasteiger partial charge in [-0.05, 0) is 67.9 Å². The Kier molecular flexibility index (Phi) is 8.27. The van der Waals surface area contributed by atoms with Crippen molar-refractivity contribution in [1.29, 1.82) is 0 Å². The third kappa shape index (κ3) is 6.80. The molecule has 1 aliphatic rings. The molecule has 0 amide bonds. The topological polar surface area (TPSA) is 44.7 Å². The molecule has 1 atom stereocenters. The first-order valence-corrected chi connectivity index (χ1v) is 10.6. The van der Waals surface area contributed by atoms with Gasteiger partial charge in [0, 0.05) is 24.2 Å². The smallest absolute Gasteiger partial charge is 0.119 e. The summed E-state index contributed by atoms with van der Waals surface area (Å²) >= 11 is 17.9. The summed E-state index contributed by atoms with van der Waals surface area (Å²) in [5, 5.41) is 15.5. The number of rotatable bonds is 8. The molecule has 2 aromatic carbocycles. The van der Waals surface area contributed by atoms with Crippen LogP contribution in [0.3, 0.4) is 0 Å². The molecule has 1 fully saturated rings. The maximum absolute atomic E-state index is 10.1. The van der Waals surface area contributed by atoms with E-state index < -0.39 is 6.10 Å². The van der Waals surface area contributed by atoms with Crippen LogP contribution in [0.5, 0.6) is 5.75 Å². The van der Waals surface area contributed by atoms with Crippen molar-refractivity contribution in [3.63, 3.8) is 0 Å². The fraction of sp³-hybridized carbons (Fsp3) is 0.429. The molecule has 0 bridgehead atoms. The Morgan fingerprint density at radius 1 is 1.04 bits per heavy atom. The molecule has 7 heteroatoms. The Bertz CT molecular complexity index is 750. The molecule has 4 nitrogen and oxygen atoms in total. The molecule has 0 aromatic heterocycles. The zero-order valence-electron chi connectivity index (χ0n) is 15.6. The van der Waals surface area contributed by atoms with Crippen LogP contribution in [-0.2, 0) is 6.54 Å². The molecular formula is C21H25Cl3N2O2. The summed E-state index contributed by atoms with van der Waals surface area (Å²) in [5.41, 5.74) is 1.18. The zero-order chi connectivity index (χ0) is 19.9. The van der Waals surface area contributed by atoms with Crippen LogP contribution in [0.15, 0.2) is 42.5 Å². The first-order chi connectivity index (χ1) is 13.5. The highest BCUT2D eigenvalue weighted by atomic mass is 35.5. The van der Waals surface area contributed by atoms with Crippen molar-refractivity contribution < 1.29 is 9.84 Å². The van der Waals surface area contributed by atoms with Gasteiger partial charge in [0.25, 0.3) is 0 Å². The fourth-order valence-electron chi connectivity index (χ4n) is 3.28. The lowest BCUT2D eigenvalue weighted by Crippen LogP contribution is -2.45. The summed E-state index contributed by atoms with van der Waals surface area (Å²) in [6, 6.07) is 13.4. The van der Waals surface area contributed by atoms with Gasteiger partial charge < -0.3 is 15.2 Å². The van der Waals surface area contributed by atoms with Crippen molar-refractivity contribution in [2.75, 3.05) is 26.2 Å². The third-order valence-electron chi connectivity index (χ3n) is 4.88. The lowest BCUT2D eigenvalue weighted by Gasteiger charge is -2.33. The van der Waals surface area contributed by atoms with Gasteiger partial charge in [0.2, 0.25) is 0 Å². The second-order valence-electron chi connectivity index (χ2n) is 7.13.